The van der Waals surface area contributed by atoms with Gasteiger partial charge < -0.3 is 10.1 Å². The maximum absolute atomic E-state index is 5.50. The Morgan fingerprint density at radius 1 is 1.19 bits per heavy atom. The van der Waals surface area contributed by atoms with Crippen LogP contribution in [0.1, 0.15) is 19.3 Å². The molecule has 2 aliphatic heterocycles. The number of aromatic nitrogens is 1. The number of hydrogen-bond donors (Lipinski definition) is 1. The van der Waals surface area contributed by atoms with Crippen molar-refractivity contribution in [1.82, 2.24) is 9.88 Å². The molecule has 2 fully saturated rings. The molecule has 21 heavy (non-hydrogen) atoms. The van der Waals surface area contributed by atoms with Gasteiger partial charge in [0, 0.05) is 31.8 Å². The van der Waals surface area contributed by atoms with Crippen LogP contribution in [0, 0.1) is 0 Å². The first-order valence-corrected chi connectivity index (χ1v) is 8.64. The van der Waals surface area contributed by atoms with Crippen molar-refractivity contribution in [2.75, 3.05) is 31.6 Å². The number of ether oxygens (including phenoxy) is 1. The lowest BCUT2D eigenvalue weighted by atomic mass is 10.0. The van der Waals surface area contributed by atoms with Gasteiger partial charge in [-0.05, 0) is 31.4 Å². The second-order valence-electron chi connectivity index (χ2n) is 5.96. The molecule has 4 rings (SSSR count). The summed E-state index contributed by atoms with van der Waals surface area (Å²) in [6.07, 6.45) is 3.61. The van der Waals surface area contributed by atoms with E-state index >= 15 is 0 Å². The number of anilines is 1. The second-order valence-corrected chi connectivity index (χ2v) is 6.99. The minimum Gasteiger partial charge on any atom is -0.380 e. The van der Waals surface area contributed by atoms with E-state index in [0.717, 1.165) is 23.9 Å². The van der Waals surface area contributed by atoms with Crippen LogP contribution >= 0.6 is 11.3 Å². The number of hydrogen-bond acceptors (Lipinski definition) is 5. The molecule has 0 aliphatic carbocycles. The maximum atomic E-state index is 5.50. The van der Waals surface area contributed by atoms with Crippen LogP contribution in [0.3, 0.4) is 0 Å². The molecule has 1 aromatic carbocycles. The van der Waals surface area contributed by atoms with Crippen LogP contribution in [-0.4, -0.2) is 48.3 Å². The molecule has 1 atom stereocenters. The highest BCUT2D eigenvalue weighted by atomic mass is 32.1. The zero-order valence-electron chi connectivity index (χ0n) is 12.1. The van der Waals surface area contributed by atoms with E-state index in [9.17, 15) is 0 Å². The number of piperidine rings is 1. The van der Waals surface area contributed by atoms with Crippen LogP contribution < -0.4 is 5.32 Å². The van der Waals surface area contributed by atoms with Crippen LogP contribution in [0.15, 0.2) is 24.3 Å². The monoisotopic (exact) mass is 303 g/mol. The first kappa shape index (κ1) is 13.5. The summed E-state index contributed by atoms with van der Waals surface area (Å²) in [6, 6.07) is 9.57. The van der Waals surface area contributed by atoms with E-state index < -0.39 is 0 Å². The van der Waals surface area contributed by atoms with Gasteiger partial charge in [-0.1, -0.05) is 23.5 Å². The predicted octanol–water partition coefficient (Wildman–Crippen LogP) is 2.96. The normalized spacial score (nSPS) is 24.7. The first-order valence-electron chi connectivity index (χ1n) is 7.82. The third-order valence-corrected chi connectivity index (χ3v) is 5.54. The molecule has 2 aliphatic rings. The summed E-state index contributed by atoms with van der Waals surface area (Å²) in [7, 11) is 0. The van der Waals surface area contributed by atoms with E-state index in [2.05, 4.69) is 33.4 Å². The smallest absolute Gasteiger partial charge is 0.184 e. The SMILES string of the molecule is c1ccc2sc(NC3CCN(C4CCOC4)CC3)nc2c1. The fraction of sp³-hybridized carbons (Fsp3) is 0.562. The lowest BCUT2D eigenvalue weighted by Crippen LogP contribution is -2.44. The lowest BCUT2D eigenvalue weighted by molar-refractivity contribution is 0.124. The Kier molecular flexibility index (Phi) is 3.80. The molecule has 0 amide bonds. The van der Waals surface area contributed by atoms with Gasteiger partial charge >= 0.3 is 0 Å². The number of benzene rings is 1. The summed E-state index contributed by atoms with van der Waals surface area (Å²) in [5.41, 5.74) is 1.10. The third kappa shape index (κ3) is 2.91. The van der Waals surface area contributed by atoms with Crippen molar-refractivity contribution in [3.8, 4) is 0 Å². The average molecular weight is 303 g/mol. The van der Waals surface area contributed by atoms with E-state index in [0.29, 0.717) is 12.1 Å². The maximum Gasteiger partial charge on any atom is 0.184 e. The Bertz CT molecular complexity index is 567. The molecular formula is C16H21N3OS. The molecule has 1 N–H and O–H groups in total. The van der Waals surface area contributed by atoms with Crippen LogP contribution in [0.2, 0.25) is 0 Å². The van der Waals surface area contributed by atoms with Gasteiger partial charge in [-0.25, -0.2) is 4.98 Å². The van der Waals surface area contributed by atoms with Gasteiger partial charge in [0.1, 0.15) is 0 Å². The van der Waals surface area contributed by atoms with Crippen molar-refractivity contribution in [2.45, 2.75) is 31.3 Å². The van der Waals surface area contributed by atoms with Crippen molar-refractivity contribution in [2.24, 2.45) is 0 Å². The third-order valence-electron chi connectivity index (χ3n) is 4.57. The van der Waals surface area contributed by atoms with Crippen LogP contribution in [0.25, 0.3) is 10.2 Å². The second kappa shape index (κ2) is 5.91. The Balaban J connectivity index is 1.35. The van der Waals surface area contributed by atoms with Crippen LogP contribution in [0.4, 0.5) is 5.13 Å². The number of nitrogens with one attached hydrogen (secondary N) is 1. The Morgan fingerprint density at radius 2 is 2.05 bits per heavy atom. The molecule has 1 unspecified atom stereocenters. The van der Waals surface area contributed by atoms with Gasteiger partial charge in [0.25, 0.3) is 0 Å². The van der Waals surface area contributed by atoms with E-state index in [1.807, 2.05) is 6.07 Å². The topological polar surface area (TPSA) is 37.4 Å². The largest absolute Gasteiger partial charge is 0.380 e. The number of fused-ring (bicyclic) bond motifs is 1. The molecule has 112 valence electrons. The Labute approximate surface area is 129 Å². The molecular weight excluding hydrogens is 282 g/mol. The molecule has 2 aromatic rings. The van der Waals surface area contributed by atoms with Gasteiger partial charge in [0.15, 0.2) is 5.13 Å². The van der Waals surface area contributed by atoms with Crippen molar-refractivity contribution >= 4 is 26.7 Å². The molecule has 1 aromatic heterocycles. The molecule has 0 spiro atoms. The van der Waals surface area contributed by atoms with Crippen LogP contribution in [0.5, 0.6) is 0 Å². The van der Waals surface area contributed by atoms with Gasteiger partial charge in [-0.3, -0.25) is 4.90 Å². The summed E-state index contributed by atoms with van der Waals surface area (Å²) in [6.45, 7) is 4.22. The summed E-state index contributed by atoms with van der Waals surface area (Å²) < 4.78 is 6.77. The van der Waals surface area contributed by atoms with E-state index in [1.165, 1.54) is 37.1 Å². The number of nitrogens with zero attached hydrogens (tertiary/aromatic N) is 2. The molecule has 2 saturated heterocycles. The first-order chi connectivity index (χ1) is 10.4. The van der Waals surface area contributed by atoms with Gasteiger partial charge in [0.05, 0.1) is 16.8 Å². The van der Waals surface area contributed by atoms with Gasteiger partial charge in [0.2, 0.25) is 0 Å². The zero-order chi connectivity index (χ0) is 14.1. The predicted molar refractivity (Wildman–Crippen MR) is 87.1 cm³/mol. The minimum absolute atomic E-state index is 0.559. The van der Waals surface area contributed by atoms with Crippen molar-refractivity contribution in [1.29, 1.82) is 0 Å². The van der Waals surface area contributed by atoms with Crippen LogP contribution in [-0.2, 0) is 4.74 Å². The Morgan fingerprint density at radius 3 is 2.81 bits per heavy atom. The molecule has 0 bridgehead atoms. The highest BCUT2D eigenvalue weighted by molar-refractivity contribution is 7.22. The van der Waals surface area contributed by atoms with E-state index in [-0.39, 0.29) is 0 Å². The molecule has 5 heteroatoms. The van der Waals surface area contributed by atoms with E-state index in [4.69, 9.17) is 4.74 Å². The zero-order valence-corrected chi connectivity index (χ0v) is 12.9. The number of thiazole rings is 1. The average Bonchev–Trinajstić information content (AvgIpc) is 3.17. The highest BCUT2D eigenvalue weighted by Crippen LogP contribution is 2.28. The van der Waals surface area contributed by atoms with Crippen molar-refractivity contribution < 1.29 is 4.74 Å². The number of rotatable bonds is 3. The summed E-state index contributed by atoms with van der Waals surface area (Å²) >= 11 is 1.76. The number of para-hydroxylation sites is 1. The summed E-state index contributed by atoms with van der Waals surface area (Å²) in [5.74, 6) is 0. The molecule has 0 radical (unpaired) electrons. The Hall–Kier alpha value is -1.17. The molecule has 4 nitrogen and oxygen atoms in total. The fourth-order valence-corrected chi connectivity index (χ4v) is 4.27. The summed E-state index contributed by atoms with van der Waals surface area (Å²) in [5, 5.41) is 4.70. The van der Waals surface area contributed by atoms with Crippen molar-refractivity contribution in [3.63, 3.8) is 0 Å². The highest BCUT2D eigenvalue weighted by Gasteiger charge is 2.27. The molecule has 0 saturated carbocycles. The quantitative estimate of drug-likeness (QED) is 0.946. The molecule has 3 heterocycles. The fourth-order valence-electron chi connectivity index (χ4n) is 3.33. The minimum atomic E-state index is 0.559. The van der Waals surface area contributed by atoms with E-state index in [1.54, 1.807) is 11.3 Å². The van der Waals surface area contributed by atoms with Gasteiger partial charge in [-0.2, -0.15) is 0 Å². The summed E-state index contributed by atoms with van der Waals surface area (Å²) in [4.78, 5) is 7.28. The van der Waals surface area contributed by atoms with Gasteiger partial charge in [-0.15, -0.1) is 0 Å². The van der Waals surface area contributed by atoms with Crippen molar-refractivity contribution in [3.05, 3.63) is 24.3 Å². The number of likely N-dealkylation sites (tertiary alicyclic amines) is 1. The standard InChI is InChI=1S/C16H21N3OS/c1-2-4-15-14(3-1)18-16(21-15)17-12-5-8-19(9-6-12)13-7-10-20-11-13/h1-4,12-13H,5-11H2,(H,17,18). The lowest BCUT2D eigenvalue weighted by Gasteiger charge is -2.35.